The first-order valence-electron chi connectivity index (χ1n) is 38.6. The van der Waals surface area contributed by atoms with Crippen molar-refractivity contribution in [2.24, 2.45) is 0 Å². The second-order valence-corrected chi connectivity index (χ2v) is 26.7. The third-order valence-electron chi connectivity index (χ3n) is 18.3. The Morgan fingerprint density at radius 2 is 0.595 bits per heavy atom. The second kappa shape index (κ2) is 73.8. The van der Waals surface area contributed by atoms with Crippen molar-refractivity contribution in [3.05, 3.63) is 24.3 Å². The van der Waals surface area contributed by atoms with E-state index in [2.05, 4.69) is 43.5 Å². The molecule has 1 amide bonds. The molecule has 2 atom stereocenters. The summed E-state index contributed by atoms with van der Waals surface area (Å²) in [5, 5.41) is 23.5. The van der Waals surface area contributed by atoms with E-state index in [0.29, 0.717) is 25.9 Å². The Labute approximate surface area is 526 Å². The molecule has 0 fully saturated rings. The van der Waals surface area contributed by atoms with Crippen molar-refractivity contribution in [2.45, 2.75) is 450 Å². The zero-order chi connectivity index (χ0) is 60.6. The highest BCUT2D eigenvalue weighted by molar-refractivity contribution is 5.76. The number of esters is 1. The van der Waals surface area contributed by atoms with E-state index in [1.165, 1.54) is 360 Å². The summed E-state index contributed by atoms with van der Waals surface area (Å²) in [5.74, 6) is -0.0149. The van der Waals surface area contributed by atoms with Gasteiger partial charge in [0, 0.05) is 12.8 Å². The molecule has 0 rings (SSSR count). The summed E-state index contributed by atoms with van der Waals surface area (Å²) in [4.78, 5) is 24.6. The van der Waals surface area contributed by atoms with E-state index in [9.17, 15) is 19.8 Å². The molecule has 0 aliphatic heterocycles. The minimum atomic E-state index is -0.665. The van der Waals surface area contributed by atoms with Gasteiger partial charge in [0.2, 0.25) is 5.91 Å². The first-order chi connectivity index (χ1) is 41.5. The van der Waals surface area contributed by atoms with Gasteiger partial charge < -0.3 is 20.3 Å². The third kappa shape index (κ3) is 69.4. The quantitative estimate of drug-likeness (QED) is 0.0320. The summed E-state index contributed by atoms with van der Waals surface area (Å²) in [5.41, 5.74) is 0. The van der Waals surface area contributed by atoms with Gasteiger partial charge >= 0.3 is 5.97 Å². The number of nitrogens with one attached hydrogen (secondary N) is 1. The fourth-order valence-electron chi connectivity index (χ4n) is 12.4. The lowest BCUT2D eigenvalue weighted by atomic mass is 10.0. The molecular formula is C78H151NO5. The summed E-state index contributed by atoms with van der Waals surface area (Å²) in [6.07, 6.45) is 94.0. The molecule has 0 aromatic carbocycles. The average Bonchev–Trinajstić information content (AvgIpc) is 3.52. The molecule has 2 unspecified atom stereocenters. The van der Waals surface area contributed by atoms with Crippen LogP contribution in [0.2, 0.25) is 0 Å². The molecule has 0 aliphatic carbocycles. The van der Waals surface area contributed by atoms with Crippen LogP contribution in [0.3, 0.4) is 0 Å². The SMILES string of the molecule is CCCCCCCCCCCCCCCCCCCCCCCCCCCC(O)C(CO)NC(=O)CCCCCCCCCCCCCCCCC/C=C\C/C=C\CCCCCCCCCCCOC(=O)CCCCCCCCCCCCC. The smallest absolute Gasteiger partial charge is 0.305 e. The molecule has 0 saturated carbocycles. The van der Waals surface area contributed by atoms with Crippen LogP contribution in [0.5, 0.6) is 0 Å². The van der Waals surface area contributed by atoms with Gasteiger partial charge in [0.25, 0.3) is 0 Å². The lowest BCUT2D eigenvalue weighted by Crippen LogP contribution is -2.45. The van der Waals surface area contributed by atoms with Crippen LogP contribution < -0.4 is 5.32 Å². The molecule has 0 aliphatic rings. The molecule has 0 saturated heterocycles. The Balaban J connectivity index is 3.39. The normalized spacial score (nSPS) is 12.6. The minimum Gasteiger partial charge on any atom is -0.466 e. The Morgan fingerprint density at radius 1 is 0.333 bits per heavy atom. The fourth-order valence-corrected chi connectivity index (χ4v) is 12.4. The number of rotatable bonds is 73. The number of hydrogen-bond donors (Lipinski definition) is 3. The summed E-state index contributed by atoms with van der Waals surface area (Å²) in [6, 6.07) is -0.542. The van der Waals surface area contributed by atoms with Crippen molar-refractivity contribution < 1.29 is 24.5 Å². The van der Waals surface area contributed by atoms with Crippen molar-refractivity contribution >= 4 is 11.9 Å². The Hall–Kier alpha value is -1.66. The second-order valence-electron chi connectivity index (χ2n) is 26.7. The largest absolute Gasteiger partial charge is 0.466 e. The number of unbranched alkanes of at least 4 members (excludes halogenated alkanes) is 58. The monoisotopic (exact) mass is 1180 g/mol. The van der Waals surface area contributed by atoms with Gasteiger partial charge in [-0.25, -0.2) is 0 Å². The molecule has 498 valence electrons. The maximum atomic E-state index is 12.6. The molecule has 3 N–H and O–H groups in total. The van der Waals surface area contributed by atoms with E-state index < -0.39 is 12.1 Å². The maximum absolute atomic E-state index is 12.6. The van der Waals surface area contributed by atoms with Gasteiger partial charge in [-0.1, -0.05) is 391 Å². The molecular weight excluding hydrogens is 1030 g/mol. The van der Waals surface area contributed by atoms with Gasteiger partial charge in [-0.15, -0.1) is 0 Å². The lowest BCUT2D eigenvalue weighted by Gasteiger charge is -2.22. The van der Waals surface area contributed by atoms with Gasteiger partial charge in [-0.2, -0.15) is 0 Å². The Kier molecular flexibility index (Phi) is 72.3. The van der Waals surface area contributed by atoms with Gasteiger partial charge in [0.05, 0.1) is 25.4 Å². The number of allylic oxidation sites excluding steroid dienone is 4. The number of aliphatic hydroxyl groups is 2. The molecule has 0 heterocycles. The van der Waals surface area contributed by atoms with E-state index in [1.54, 1.807) is 0 Å². The molecule has 0 radical (unpaired) electrons. The van der Waals surface area contributed by atoms with Gasteiger partial charge in [-0.05, 0) is 57.8 Å². The van der Waals surface area contributed by atoms with Crippen LogP contribution in [0, 0.1) is 0 Å². The minimum absolute atomic E-state index is 0.0138. The van der Waals surface area contributed by atoms with Crippen LogP contribution in [0.25, 0.3) is 0 Å². The summed E-state index contributed by atoms with van der Waals surface area (Å²) in [6.45, 7) is 4.99. The number of ether oxygens (including phenoxy) is 1. The van der Waals surface area contributed by atoms with Crippen molar-refractivity contribution in [1.82, 2.24) is 5.32 Å². The first-order valence-corrected chi connectivity index (χ1v) is 38.6. The molecule has 84 heavy (non-hydrogen) atoms. The van der Waals surface area contributed by atoms with E-state index in [0.717, 1.165) is 44.9 Å². The number of aliphatic hydroxyl groups excluding tert-OH is 2. The predicted octanol–water partition coefficient (Wildman–Crippen LogP) is 25.3. The molecule has 0 aromatic rings. The van der Waals surface area contributed by atoms with Crippen LogP contribution in [-0.4, -0.2) is 47.4 Å². The predicted molar refractivity (Wildman–Crippen MR) is 370 cm³/mol. The first kappa shape index (κ1) is 82.3. The van der Waals surface area contributed by atoms with Gasteiger partial charge in [0.15, 0.2) is 0 Å². The average molecular weight is 1180 g/mol. The van der Waals surface area contributed by atoms with Crippen molar-refractivity contribution in [1.29, 1.82) is 0 Å². The molecule has 6 heteroatoms. The van der Waals surface area contributed by atoms with Gasteiger partial charge in [-0.3, -0.25) is 9.59 Å². The number of hydrogen-bond acceptors (Lipinski definition) is 5. The summed E-state index contributed by atoms with van der Waals surface area (Å²) < 4.78 is 5.47. The Morgan fingerprint density at radius 3 is 0.905 bits per heavy atom. The van der Waals surface area contributed by atoms with Crippen LogP contribution >= 0.6 is 0 Å². The van der Waals surface area contributed by atoms with E-state index in [4.69, 9.17) is 4.74 Å². The molecule has 6 nitrogen and oxygen atoms in total. The molecule has 0 aromatic heterocycles. The number of amides is 1. The summed E-state index contributed by atoms with van der Waals surface area (Å²) in [7, 11) is 0. The van der Waals surface area contributed by atoms with E-state index in [-0.39, 0.29) is 18.5 Å². The van der Waals surface area contributed by atoms with Crippen LogP contribution in [0.4, 0.5) is 0 Å². The zero-order valence-corrected chi connectivity index (χ0v) is 57.2. The highest BCUT2D eigenvalue weighted by Crippen LogP contribution is 2.20. The standard InChI is InChI=1S/C78H151NO5/c1-3-5-7-9-11-13-15-16-17-18-19-20-21-29-32-35-38-41-44-47-51-54-58-62-66-70-76(81)75(74-80)79-77(82)71-67-63-59-55-52-48-45-42-39-36-33-30-27-25-23-22-24-26-28-31-34-37-40-43-46-49-53-57-61-65-69-73-84-78(83)72-68-64-60-56-50-14-12-10-8-6-4-2/h24,26,31,34,75-76,80-81H,3-23,25,27-30,32-33,35-74H2,1-2H3,(H,79,82)/b26-24-,34-31-. The molecule has 0 spiro atoms. The lowest BCUT2D eigenvalue weighted by molar-refractivity contribution is -0.143. The van der Waals surface area contributed by atoms with Gasteiger partial charge in [0.1, 0.15) is 0 Å². The van der Waals surface area contributed by atoms with E-state index >= 15 is 0 Å². The third-order valence-corrected chi connectivity index (χ3v) is 18.3. The Bertz CT molecular complexity index is 1320. The number of carbonyl (C=O) groups excluding carboxylic acids is 2. The molecule has 0 bridgehead atoms. The van der Waals surface area contributed by atoms with Crippen molar-refractivity contribution in [3.63, 3.8) is 0 Å². The number of carbonyl (C=O) groups is 2. The van der Waals surface area contributed by atoms with Crippen LogP contribution in [0.15, 0.2) is 24.3 Å². The fraction of sp³-hybridized carbons (Fsp3) is 0.923. The topological polar surface area (TPSA) is 95.9 Å². The highest BCUT2D eigenvalue weighted by atomic mass is 16.5. The maximum Gasteiger partial charge on any atom is 0.305 e. The van der Waals surface area contributed by atoms with Crippen molar-refractivity contribution in [3.8, 4) is 0 Å². The van der Waals surface area contributed by atoms with Crippen LogP contribution in [-0.2, 0) is 14.3 Å². The zero-order valence-electron chi connectivity index (χ0n) is 57.2. The van der Waals surface area contributed by atoms with Crippen LogP contribution in [0.1, 0.15) is 438 Å². The summed E-state index contributed by atoms with van der Waals surface area (Å²) >= 11 is 0. The van der Waals surface area contributed by atoms with Crippen molar-refractivity contribution in [2.75, 3.05) is 13.2 Å². The van der Waals surface area contributed by atoms with E-state index in [1.807, 2.05) is 0 Å². The highest BCUT2D eigenvalue weighted by Gasteiger charge is 2.20.